The number of anilines is 2. The van der Waals surface area contributed by atoms with E-state index in [1.54, 1.807) is 13.3 Å². The number of nitrogens with zero attached hydrogens (tertiary/aromatic N) is 4. The zero-order chi connectivity index (χ0) is 13.9. The van der Waals surface area contributed by atoms with Gasteiger partial charge in [-0.05, 0) is 20.8 Å². The van der Waals surface area contributed by atoms with Crippen molar-refractivity contribution < 1.29 is 4.74 Å². The summed E-state index contributed by atoms with van der Waals surface area (Å²) in [5.41, 5.74) is 0.898. The Balaban J connectivity index is 2.01. The lowest BCUT2D eigenvalue weighted by Crippen LogP contribution is -2.21. The van der Waals surface area contributed by atoms with E-state index >= 15 is 0 Å². The fourth-order valence-electron chi connectivity index (χ4n) is 1.48. The first-order valence-corrected chi connectivity index (χ1v) is 6.90. The van der Waals surface area contributed by atoms with Crippen molar-refractivity contribution in [2.45, 2.75) is 32.7 Å². The SMILES string of the molecule is COCCc1nsc(Nc2cnn(C(C)(C)C)c2)n1. The van der Waals surface area contributed by atoms with Crippen LogP contribution in [-0.4, -0.2) is 32.9 Å². The standard InChI is InChI=1S/C12H19N5OS/c1-12(2,3)17-8-9(7-13-17)14-11-15-10(16-19-11)5-6-18-4/h7-8H,5-6H2,1-4H3,(H,14,15,16). The van der Waals surface area contributed by atoms with Gasteiger partial charge < -0.3 is 10.1 Å². The van der Waals surface area contributed by atoms with Crippen molar-refractivity contribution in [1.82, 2.24) is 19.1 Å². The minimum absolute atomic E-state index is 0.0231. The summed E-state index contributed by atoms with van der Waals surface area (Å²) < 4.78 is 11.2. The van der Waals surface area contributed by atoms with Gasteiger partial charge in [-0.1, -0.05) is 0 Å². The van der Waals surface area contributed by atoms with Gasteiger partial charge in [-0.15, -0.1) is 0 Å². The van der Waals surface area contributed by atoms with Crippen LogP contribution in [0.1, 0.15) is 26.6 Å². The van der Waals surface area contributed by atoms with Crippen LogP contribution >= 0.6 is 11.5 Å². The maximum Gasteiger partial charge on any atom is 0.207 e. The second-order valence-electron chi connectivity index (χ2n) is 5.23. The number of methoxy groups -OCH3 is 1. The van der Waals surface area contributed by atoms with E-state index in [9.17, 15) is 0 Å². The van der Waals surface area contributed by atoms with Gasteiger partial charge in [0.05, 0.1) is 24.0 Å². The lowest BCUT2D eigenvalue weighted by Gasteiger charge is -2.18. The Labute approximate surface area is 117 Å². The second kappa shape index (κ2) is 5.66. The first-order chi connectivity index (χ1) is 8.99. The molecule has 2 aromatic heterocycles. The molecule has 19 heavy (non-hydrogen) atoms. The molecule has 0 atom stereocenters. The van der Waals surface area contributed by atoms with E-state index < -0.39 is 0 Å². The van der Waals surface area contributed by atoms with Crippen LogP contribution in [0.3, 0.4) is 0 Å². The topological polar surface area (TPSA) is 64.9 Å². The minimum Gasteiger partial charge on any atom is -0.384 e. The molecule has 0 aliphatic carbocycles. The average Bonchev–Trinajstić information content (AvgIpc) is 2.95. The van der Waals surface area contributed by atoms with E-state index in [1.165, 1.54) is 11.5 Å². The van der Waals surface area contributed by atoms with Crippen LogP contribution in [0, 0.1) is 0 Å². The average molecular weight is 281 g/mol. The van der Waals surface area contributed by atoms with Gasteiger partial charge in [0, 0.05) is 31.3 Å². The van der Waals surface area contributed by atoms with Crippen molar-refractivity contribution in [1.29, 1.82) is 0 Å². The van der Waals surface area contributed by atoms with E-state index in [4.69, 9.17) is 4.74 Å². The van der Waals surface area contributed by atoms with Crippen molar-refractivity contribution in [2.75, 3.05) is 19.0 Å². The Morgan fingerprint density at radius 1 is 1.42 bits per heavy atom. The van der Waals surface area contributed by atoms with Gasteiger partial charge in [0.1, 0.15) is 5.82 Å². The summed E-state index contributed by atoms with van der Waals surface area (Å²) in [5.74, 6) is 0.803. The van der Waals surface area contributed by atoms with E-state index in [1.807, 2.05) is 10.9 Å². The van der Waals surface area contributed by atoms with Crippen LogP contribution in [0.5, 0.6) is 0 Å². The molecule has 0 unspecified atom stereocenters. The maximum atomic E-state index is 5.00. The zero-order valence-corrected chi connectivity index (χ0v) is 12.5. The van der Waals surface area contributed by atoms with Crippen LogP contribution in [0.4, 0.5) is 10.8 Å². The highest BCUT2D eigenvalue weighted by Gasteiger charge is 2.14. The second-order valence-corrected chi connectivity index (χ2v) is 5.98. The fraction of sp³-hybridized carbons (Fsp3) is 0.583. The summed E-state index contributed by atoms with van der Waals surface area (Å²) >= 11 is 1.35. The normalized spacial score (nSPS) is 11.8. The monoisotopic (exact) mass is 281 g/mol. The summed E-state index contributed by atoms with van der Waals surface area (Å²) in [6.07, 6.45) is 4.49. The molecule has 6 nitrogen and oxygen atoms in total. The number of hydrogen-bond donors (Lipinski definition) is 1. The first-order valence-electron chi connectivity index (χ1n) is 6.13. The number of aromatic nitrogens is 4. The molecule has 0 bridgehead atoms. The van der Waals surface area contributed by atoms with Crippen LogP contribution in [0.2, 0.25) is 0 Å². The third kappa shape index (κ3) is 3.74. The van der Waals surface area contributed by atoms with Crippen molar-refractivity contribution in [3.8, 4) is 0 Å². The molecule has 2 heterocycles. The summed E-state index contributed by atoms with van der Waals surface area (Å²) in [5, 5.41) is 8.32. The Hall–Kier alpha value is -1.47. The highest BCUT2D eigenvalue weighted by atomic mass is 32.1. The van der Waals surface area contributed by atoms with E-state index in [0.717, 1.165) is 23.1 Å². The zero-order valence-electron chi connectivity index (χ0n) is 11.7. The summed E-state index contributed by atoms with van der Waals surface area (Å²) in [4.78, 5) is 4.39. The highest BCUT2D eigenvalue weighted by molar-refractivity contribution is 7.09. The molecule has 1 N–H and O–H groups in total. The van der Waals surface area contributed by atoms with E-state index in [2.05, 4.69) is 40.5 Å². The molecule has 0 radical (unpaired) electrons. The van der Waals surface area contributed by atoms with Crippen LogP contribution in [0.25, 0.3) is 0 Å². The van der Waals surface area contributed by atoms with E-state index in [-0.39, 0.29) is 5.54 Å². The fourth-order valence-corrected chi connectivity index (χ4v) is 2.11. The molecule has 7 heteroatoms. The molecule has 104 valence electrons. The van der Waals surface area contributed by atoms with Gasteiger partial charge in [-0.25, -0.2) is 4.98 Å². The molecule has 0 aromatic carbocycles. The number of hydrogen-bond acceptors (Lipinski definition) is 6. The van der Waals surface area contributed by atoms with Crippen molar-refractivity contribution in [3.63, 3.8) is 0 Å². The van der Waals surface area contributed by atoms with Gasteiger partial charge in [0.15, 0.2) is 0 Å². The number of rotatable bonds is 5. The van der Waals surface area contributed by atoms with Crippen molar-refractivity contribution in [3.05, 3.63) is 18.2 Å². The van der Waals surface area contributed by atoms with Gasteiger partial charge in [-0.2, -0.15) is 9.47 Å². The molecule has 0 amide bonds. The van der Waals surface area contributed by atoms with Gasteiger partial charge in [0.2, 0.25) is 5.13 Å². The van der Waals surface area contributed by atoms with Gasteiger partial charge in [0.25, 0.3) is 0 Å². The third-order valence-electron chi connectivity index (χ3n) is 2.52. The molecule has 0 fully saturated rings. The Morgan fingerprint density at radius 2 is 2.21 bits per heavy atom. The smallest absolute Gasteiger partial charge is 0.207 e. The predicted octanol–water partition coefficient (Wildman–Crippen LogP) is 2.42. The molecule has 0 saturated carbocycles. The Kier molecular flexibility index (Phi) is 4.16. The molecule has 0 saturated heterocycles. The van der Waals surface area contributed by atoms with Crippen LogP contribution < -0.4 is 5.32 Å². The lowest BCUT2D eigenvalue weighted by molar-refractivity contribution is 0.201. The Morgan fingerprint density at radius 3 is 2.84 bits per heavy atom. The van der Waals surface area contributed by atoms with Crippen LogP contribution in [-0.2, 0) is 16.7 Å². The third-order valence-corrected chi connectivity index (χ3v) is 3.19. The Bertz CT molecular complexity index is 528. The summed E-state index contributed by atoms with van der Waals surface area (Å²) in [6.45, 7) is 6.96. The quantitative estimate of drug-likeness (QED) is 0.911. The number of nitrogens with one attached hydrogen (secondary N) is 1. The van der Waals surface area contributed by atoms with Gasteiger partial charge >= 0.3 is 0 Å². The summed E-state index contributed by atoms with van der Waals surface area (Å²) in [6, 6.07) is 0. The summed E-state index contributed by atoms with van der Waals surface area (Å²) in [7, 11) is 1.67. The molecule has 0 aliphatic rings. The van der Waals surface area contributed by atoms with Crippen molar-refractivity contribution in [2.24, 2.45) is 0 Å². The molecule has 0 aliphatic heterocycles. The highest BCUT2D eigenvalue weighted by Crippen LogP contribution is 2.21. The molecule has 0 spiro atoms. The van der Waals surface area contributed by atoms with Crippen molar-refractivity contribution >= 4 is 22.4 Å². The molecule has 2 rings (SSSR count). The van der Waals surface area contributed by atoms with Crippen LogP contribution in [0.15, 0.2) is 12.4 Å². The van der Waals surface area contributed by atoms with Gasteiger partial charge in [-0.3, -0.25) is 4.68 Å². The minimum atomic E-state index is -0.0231. The molecule has 2 aromatic rings. The van der Waals surface area contributed by atoms with E-state index in [0.29, 0.717) is 6.61 Å². The maximum absolute atomic E-state index is 5.00. The molecular formula is C12H19N5OS. The lowest BCUT2D eigenvalue weighted by atomic mass is 10.1. The predicted molar refractivity (Wildman–Crippen MR) is 76.0 cm³/mol. The number of ether oxygens (including phenoxy) is 1. The first kappa shape index (κ1) is 14.0. The molecular weight excluding hydrogens is 262 g/mol. The largest absolute Gasteiger partial charge is 0.384 e.